The molecule has 0 bridgehead atoms. The molecule has 0 unspecified atom stereocenters. The Morgan fingerprint density at radius 3 is 2.86 bits per heavy atom. The van der Waals surface area contributed by atoms with Gasteiger partial charge in [0.05, 0.1) is 0 Å². The van der Waals surface area contributed by atoms with Gasteiger partial charge in [-0.1, -0.05) is 17.7 Å². The first kappa shape index (κ1) is 10.6. The highest BCUT2D eigenvalue weighted by Crippen LogP contribution is 2.10. The molecule has 0 spiro atoms. The van der Waals surface area contributed by atoms with Crippen LogP contribution in [0, 0.1) is 0 Å². The van der Waals surface area contributed by atoms with Crippen LogP contribution in [0.4, 0.5) is 4.79 Å². The molecule has 2 amide bonds. The van der Waals surface area contributed by atoms with E-state index in [0.29, 0.717) is 5.15 Å². The molecule has 1 rings (SSSR count). The first-order chi connectivity index (χ1) is 6.59. The number of carbonyl (C=O) groups excluding carboxylic acids is 1. The molecule has 76 valence electrons. The zero-order valence-electron chi connectivity index (χ0n) is 7.82. The van der Waals surface area contributed by atoms with Gasteiger partial charge in [0.15, 0.2) is 0 Å². The quantitative estimate of drug-likeness (QED) is 0.598. The van der Waals surface area contributed by atoms with Gasteiger partial charge in [0.25, 0.3) is 0 Å². The van der Waals surface area contributed by atoms with Gasteiger partial charge in [-0.2, -0.15) is 10.5 Å². The predicted molar refractivity (Wildman–Crippen MR) is 52.1 cm³/mol. The Kier molecular flexibility index (Phi) is 3.53. The van der Waals surface area contributed by atoms with Gasteiger partial charge in [0.1, 0.15) is 5.15 Å². The number of rotatable bonds is 2. The molecule has 1 aromatic heterocycles. The largest absolute Gasteiger partial charge is 0.358 e. The number of halogens is 1. The van der Waals surface area contributed by atoms with Crippen molar-refractivity contribution in [3.8, 4) is 5.88 Å². The molecule has 0 atom stereocenters. The molecule has 0 fully saturated rings. The molecule has 1 heterocycles. The van der Waals surface area contributed by atoms with Crippen molar-refractivity contribution in [1.82, 2.24) is 15.4 Å². The number of pyridine rings is 1. The maximum atomic E-state index is 11.0. The molecular formula is C8H10ClN3O2. The molecule has 0 saturated heterocycles. The Balaban J connectivity index is 2.50. The molecule has 5 nitrogen and oxygen atoms in total. The lowest BCUT2D eigenvalue weighted by molar-refractivity contribution is 0.153. The van der Waals surface area contributed by atoms with E-state index in [1.165, 1.54) is 4.90 Å². The minimum Gasteiger partial charge on any atom is -0.358 e. The van der Waals surface area contributed by atoms with Crippen LogP contribution in [0.15, 0.2) is 18.2 Å². The van der Waals surface area contributed by atoms with Crippen molar-refractivity contribution >= 4 is 17.6 Å². The van der Waals surface area contributed by atoms with E-state index in [-0.39, 0.29) is 11.9 Å². The Labute approximate surface area is 86.6 Å². The van der Waals surface area contributed by atoms with Crippen molar-refractivity contribution in [2.45, 2.75) is 0 Å². The monoisotopic (exact) mass is 215 g/mol. The summed E-state index contributed by atoms with van der Waals surface area (Å²) in [6.07, 6.45) is 0. The van der Waals surface area contributed by atoms with Crippen LogP contribution in [0.5, 0.6) is 5.88 Å². The lowest BCUT2D eigenvalue weighted by atomic mass is 10.5. The first-order valence-corrected chi connectivity index (χ1v) is 4.24. The highest BCUT2D eigenvalue weighted by atomic mass is 35.5. The molecule has 0 aliphatic carbocycles. The second kappa shape index (κ2) is 4.66. The average Bonchev–Trinajstić information content (AvgIpc) is 2.14. The number of hydroxylamine groups is 1. The lowest BCUT2D eigenvalue weighted by Crippen LogP contribution is -2.36. The molecule has 0 radical (unpaired) electrons. The van der Waals surface area contributed by atoms with Gasteiger partial charge >= 0.3 is 6.03 Å². The van der Waals surface area contributed by atoms with Crippen LogP contribution in [-0.4, -0.2) is 30.0 Å². The third kappa shape index (κ3) is 3.10. The summed E-state index contributed by atoms with van der Waals surface area (Å²) in [5, 5.41) is 0.307. The van der Waals surface area contributed by atoms with Crippen molar-refractivity contribution in [2.24, 2.45) is 0 Å². The van der Waals surface area contributed by atoms with E-state index in [2.05, 4.69) is 10.5 Å². The maximum Gasteiger partial charge on any atom is 0.350 e. The topological polar surface area (TPSA) is 54.5 Å². The summed E-state index contributed by atoms with van der Waals surface area (Å²) < 4.78 is 0. The third-order valence-corrected chi connectivity index (χ3v) is 1.55. The zero-order chi connectivity index (χ0) is 10.6. The Morgan fingerprint density at radius 2 is 2.29 bits per heavy atom. The number of hydrogen-bond donors (Lipinski definition) is 1. The van der Waals surface area contributed by atoms with E-state index in [4.69, 9.17) is 16.4 Å². The molecule has 0 aliphatic rings. The summed E-state index contributed by atoms with van der Waals surface area (Å²) in [6, 6.07) is 4.50. The van der Waals surface area contributed by atoms with Crippen molar-refractivity contribution in [2.75, 3.05) is 14.1 Å². The van der Waals surface area contributed by atoms with Crippen LogP contribution in [0.25, 0.3) is 0 Å². The number of aromatic nitrogens is 1. The normalized spacial score (nSPS) is 9.36. The van der Waals surface area contributed by atoms with Crippen LogP contribution in [-0.2, 0) is 0 Å². The average molecular weight is 216 g/mol. The van der Waals surface area contributed by atoms with Crippen LogP contribution < -0.4 is 10.3 Å². The Hall–Kier alpha value is -1.49. The van der Waals surface area contributed by atoms with Crippen molar-refractivity contribution in [3.63, 3.8) is 0 Å². The van der Waals surface area contributed by atoms with E-state index < -0.39 is 0 Å². The van der Waals surface area contributed by atoms with Crippen molar-refractivity contribution in [1.29, 1.82) is 0 Å². The molecule has 14 heavy (non-hydrogen) atoms. The van der Waals surface area contributed by atoms with Crippen molar-refractivity contribution < 1.29 is 9.63 Å². The summed E-state index contributed by atoms with van der Waals surface area (Å²) in [4.78, 5) is 21.1. The minimum absolute atomic E-state index is 0.243. The van der Waals surface area contributed by atoms with E-state index in [0.717, 1.165) is 0 Å². The molecule has 0 aromatic carbocycles. The van der Waals surface area contributed by atoms with Gasteiger partial charge in [-0.05, 0) is 6.07 Å². The predicted octanol–water partition coefficient (Wildman–Crippen LogP) is 1.30. The van der Waals surface area contributed by atoms with Gasteiger partial charge in [-0.15, -0.1) is 0 Å². The number of urea groups is 1. The van der Waals surface area contributed by atoms with Gasteiger partial charge in [-0.3, -0.25) is 0 Å². The molecule has 1 N–H and O–H groups in total. The molecule has 0 aliphatic heterocycles. The standard InChI is InChI=1S/C8H10ClN3O2/c1-12(2)8(13)11-14-7-5-3-4-6(9)10-7/h3-5H,1-2H3,(H,11,13). The van der Waals surface area contributed by atoms with E-state index in [1.54, 1.807) is 32.3 Å². The van der Waals surface area contributed by atoms with Crippen molar-refractivity contribution in [3.05, 3.63) is 23.4 Å². The molecule has 6 heteroatoms. The summed E-state index contributed by atoms with van der Waals surface area (Å²) in [5.41, 5.74) is 2.19. The number of hydrogen-bond acceptors (Lipinski definition) is 3. The third-order valence-electron chi connectivity index (χ3n) is 1.34. The Morgan fingerprint density at radius 1 is 1.57 bits per heavy atom. The summed E-state index contributed by atoms with van der Waals surface area (Å²) in [6.45, 7) is 0. The van der Waals surface area contributed by atoms with E-state index in [9.17, 15) is 4.79 Å². The van der Waals surface area contributed by atoms with Gasteiger partial charge in [0.2, 0.25) is 5.88 Å². The van der Waals surface area contributed by atoms with Gasteiger partial charge < -0.3 is 9.74 Å². The summed E-state index contributed by atoms with van der Waals surface area (Å²) in [5.74, 6) is 0.243. The summed E-state index contributed by atoms with van der Waals surface area (Å²) in [7, 11) is 3.20. The number of amides is 2. The van der Waals surface area contributed by atoms with Gasteiger partial charge in [0, 0.05) is 20.2 Å². The summed E-state index contributed by atoms with van der Waals surface area (Å²) >= 11 is 5.61. The van der Waals surface area contributed by atoms with Crippen LogP contribution in [0.1, 0.15) is 0 Å². The SMILES string of the molecule is CN(C)C(=O)NOc1cccc(Cl)n1. The fourth-order valence-corrected chi connectivity index (χ4v) is 0.790. The number of nitrogens with zero attached hydrogens (tertiary/aromatic N) is 2. The second-order valence-corrected chi connectivity index (χ2v) is 3.09. The van der Waals surface area contributed by atoms with Crippen LogP contribution in [0.2, 0.25) is 5.15 Å². The lowest BCUT2D eigenvalue weighted by Gasteiger charge is -2.11. The van der Waals surface area contributed by atoms with Gasteiger partial charge in [-0.25, -0.2) is 4.79 Å². The first-order valence-electron chi connectivity index (χ1n) is 3.86. The van der Waals surface area contributed by atoms with Crippen LogP contribution in [0.3, 0.4) is 0 Å². The smallest absolute Gasteiger partial charge is 0.350 e. The Bertz CT molecular complexity index is 330. The van der Waals surface area contributed by atoms with E-state index >= 15 is 0 Å². The molecular weight excluding hydrogens is 206 g/mol. The fourth-order valence-electron chi connectivity index (χ4n) is 0.634. The zero-order valence-corrected chi connectivity index (χ0v) is 8.58. The van der Waals surface area contributed by atoms with E-state index in [1.807, 2.05) is 0 Å². The minimum atomic E-state index is -0.369. The van der Waals surface area contributed by atoms with Crippen LogP contribution >= 0.6 is 11.6 Å². The highest BCUT2D eigenvalue weighted by molar-refractivity contribution is 6.29. The number of carbonyl (C=O) groups is 1. The maximum absolute atomic E-state index is 11.0. The fraction of sp³-hybridized carbons (Fsp3) is 0.250. The highest BCUT2D eigenvalue weighted by Gasteiger charge is 2.03. The number of nitrogens with one attached hydrogen (secondary N) is 1. The second-order valence-electron chi connectivity index (χ2n) is 2.70. The molecule has 1 aromatic rings. The molecule has 0 saturated carbocycles.